The summed E-state index contributed by atoms with van der Waals surface area (Å²) in [6.07, 6.45) is 79.2. The quantitative estimate of drug-likeness (QED) is 0.0195. The lowest BCUT2D eigenvalue weighted by Gasteiger charge is -2.26. The summed E-state index contributed by atoms with van der Waals surface area (Å²) in [5, 5.41) is 11.8. The largest absolute Gasteiger partial charge is 0.545 e. The van der Waals surface area contributed by atoms with Gasteiger partial charge in [0.05, 0.1) is 40.3 Å². The average Bonchev–Trinajstić information content (AvgIpc) is 3.40. The number of carboxylic acid groups (broad SMARTS) is 1. The van der Waals surface area contributed by atoms with Gasteiger partial charge in [0.15, 0.2) is 12.4 Å². The molecule has 0 fully saturated rings. The second-order valence-electron chi connectivity index (χ2n) is 20.9. The Kier molecular flexibility index (Phi) is 54.2. The van der Waals surface area contributed by atoms with Crippen LogP contribution in [-0.2, 0) is 33.3 Å². The average molecular weight is 1070 g/mol. The van der Waals surface area contributed by atoms with E-state index in [2.05, 4.69) is 148 Å². The molecular formula is C68H111NO8. The number of likely N-dealkylation sites (N-methyl/N-ethyl adjacent to an activating group) is 1. The molecule has 9 heteroatoms. The topological polar surface area (TPSA) is 111 Å². The molecule has 9 nitrogen and oxygen atoms in total. The fourth-order valence-corrected chi connectivity index (χ4v) is 7.73. The van der Waals surface area contributed by atoms with Gasteiger partial charge in [0.1, 0.15) is 13.2 Å². The van der Waals surface area contributed by atoms with Crippen molar-refractivity contribution < 1.29 is 42.9 Å². The number of carboxylic acids is 1. The predicted molar refractivity (Wildman–Crippen MR) is 324 cm³/mol. The molecule has 436 valence electrons. The number of hydrogen-bond acceptors (Lipinski definition) is 8. The smallest absolute Gasteiger partial charge is 0.306 e. The number of hydrogen-bond donors (Lipinski definition) is 0. The molecule has 0 aromatic heterocycles. The highest BCUT2D eigenvalue weighted by Crippen LogP contribution is 2.14. The molecule has 0 N–H and O–H groups in total. The molecule has 0 aromatic carbocycles. The monoisotopic (exact) mass is 1070 g/mol. The van der Waals surface area contributed by atoms with E-state index >= 15 is 0 Å². The van der Waals surface area contributed by atoms with E-state index in [0.717, 1.165) is 122 Å². The highest BCUT2D eigenvalue weighted by molar-refractivity contribution is 5.70. The van der Waals surface area contributed by atoms with E-state index in [1.165, 1.54) is 64.2 Å². The lowest BCUT2D eigenvalue weighted by atomic mass is 10.1. The SMILES string of the molecule is CC/C=C\C/C=C\C/C=C\C/C=C\C/C=C\C/C=C\C/C=C\C/C=C\CCCCCCC(=O)OC(COC(=O)CCCCCCCCCC/C=C\C/C=C\C/C=C\CCCCCCC)COC(OCC[N+](C)(C)C)C(=O)[O-]. The van der Waals surface area contributed by atoms with Gasteiger partial charge in [0.25, 0.3) is 0 Å². The van der Waals surface area contributed by atoms with Gasteiger partial charge in [0, 0.05) is 12.8 Å². The normalized spacial score (nSPS) is 13.7. The first-order valence-corrected chi connectivity index (χ1v) is 30.3. The van der Waals surface area contributed by atoms with Crippen molar-refractivity contribution in [2.75, 3.05) is 47.5 Å². The van der Waals surface area contributed by atoms with Crippen LogP contribution in [-0.4, -0.2) is 82.3 Å². The number of rotatable bonds is 54. The van der Waals surface area contributed by atoms with Gasteiger partial charge in [-0.3, -0.25) is 9.59 Å². The molecular weight excluding hydrogens is 959 g/mol. The summed E-state index contributed by atoms with van der Waals surface area (Å²) in [5.74, 6) is -2.34. The number of carbonyl (C=O) groups excluding carboxylic acids is 3. The molecule has 2 unspecified atom stereocenters. The number of nitrogens with zero attached hydrogens (tertiary/aromatic N) is 1. The van der Waals surface area contributed by atoms with Crippen LogP contribution >= 0.6 is 0 Å². The molecule has 77 heavy (non-hydrogen) atoms. The fourth-order valence-electron chi connectivity index (χ4n) is 7.73. The summed E-state index contributed by atoms with van der Waals surface area (Å²) in [6.45, 7) is 4.57. The summed E-state index contributed by atoms with van der Waals surface area (Å²) in [7, 11) is 5.90. The van der Waals surface area contributed by atoms with Crippen LogP contribution in [0.1, 0.15) is 219 Å². The van der Waals surface area contributed by atoms with Gasteiger partial charge >= 0.3 is 11.9 Å². The zero-order chi connectivity index (χ0) is 56.2. The Bertz CT molecular complexity index is 1720. The first-order valence-electron chi connectivity index (χ1n) is 30.3. The maximum Gasteiger partial charge on any atom is 0.306 e. The van der Waals surface area contributed by atoms with E-state index in [1.54, 1.807) is 0 Å². The molecule has 0 aliphatic rings. The summed E-state index contributed by atoms with van der Waals surface area (Å²) in [5.41, 5.74) is 0. The van der Waals surface area contributed by atoms with E-state index in [0.29, 0.717) is 17.4 Å². The molecule has 0 amide bonds. The third-order valence-electron chi connectivity index (χ3n) is 12.4. The van der Waals surface area contributed by atoms with Crippen molar-refractivity contribution in [2.45, 2.75) is 232 Å². The number of carbonyl (C=O) groups is 3. The Labute approximate surface area is 471 Å². The van der Waals surface area contributed by atoms with E-state index in [-0.39, 0.29) is 38.6 Å². The number of allylic oxidation sites excluding steroid dienone is 22. The number of unbranched alkanes of at least 4 members (excludes halogenated alkanes) is 17. The van der Waals surface area contributed by atoms with Crippen molar-refractivity contribution in [3.63, 3.8) is 0 Å². The summed E-state index contributed by atoms with van der Waals surface area (Å²) in [6, 6.07) is 0. The summed E-state index contributed by atoms with van der Waals surface area (Å²) in [4.78, 5) is 37.3. The van der Waals surface area contributed by atoms with Crippen LogP contribution in [0.25, 0.3) is 0 Å². The number of esters is 2. The van der Waals surface area contributed by atoms with E-state index < -0.39 is 24.3 Å². The predicted octanol–water partition coefficient (Wildman–Crippen LogP) is 16.9. The Morgan fingerprint density at radius 2 is 0.740 bits per heavy atom. The molecule has 0 heterocycles. The maximum atomic E-state index is 12.9. The lowest BCUT2D eigenvalue weighted by Crippen LogP contribution is -2.44. The van der Waals surface area contributed by atoms with E-state index in [9.17, 15) is 19.5 Å². The number of quaternary nitrogens is 1. The van der Waals surface area contributed by atoms with Crippen LogP contribution in [0.15, 0.2) is 134 Å². The van der Waals surface area contributed by atoms with Crippen LogP contribution in [0.2, 0.25) is 0 Å². The molecule has 0 aliphatic heterocycles. The molecule has 0 bridgehead atoms. The molecule has 0 spiro atoms. The molecule has 0 aromatic rings. The van der Waals surface area contributed by atoms with Crippen molar-refractivity contribution in [1.29, 1.82) is 0 Å². The summed E-state index contributed by atoms with van der Waals surface area (Å²) < 4.78 is 22.7. The van der Waals surface area contributed by atoms with Gasteiger partial charge in [-0.15, -0.1) is 0 Å². The standard InChI is InChI=1S/C68H111NO8/c1-6-8-10-12-14-16-18-20-22-24-26-28-30-31-32-33-34-35-37-39-41-43-45-47-49-51-53-55-57-59-66(71)77-64(63-76-68(67(72)73)74-61-60-69(3,4)5)62-75-65(70)58-56-54-52-50-48-46-44-42-40-38-36-29-27-25-23-21-19-17-15-13-11-9-7-2/h8,10,14,16,19-22,25-28,31-32,34-36,38-39,41,45,47,64,68H,6-7,9,11-13,15,17-18,23-24,29-30,33,37,40,42-44,46,48-63H2,1-5H3/b10-8-,16-14-,21-19-,22-20-,27-25-,28-26-,32-31-,35-34-,38-36-,41-39-,47-45-. The Morgan fingerprint density at radius 1 is 0.403 bits per heavy atom. The minimum atomic E-state index is -1.64. The van der Waals surface area contributed by atoms with Crippen molar-refractivity contribution in [2.24, 2.45) is 0 Å². The van der Waals surface area contributed by atoms with E-state index in [4.69, 9.17) is 18.9 Å². The van der Waals surface area contributed by atoms with Gasteiger partial charge in [-0.25, -0.2) is 0 Å². The van der Waals surface area contributed by atoms with Gasteiger partial charge < -0.3 is 33.3 Å². The van der Waals surface area contributed by atoms with Crippen molar-refractivity contribution in [1.82, 2.24) is 0 Å². The van der Waals surface area contributed by atoms with Crippen LogP contribution in [0.3, 0.4) is 0 Å². The minimum Gasteiger partial charge on any atom is -0.545 e. The molecule has 0 saturated carbocycles. The minimum absolute atomic E-state index is 0.133. The maximum absolute atomic E-state index is 12.9. The third kappa shape index (κ3) is 58.9. The van der Waals surface area contributed by atoms with Crippen LogP contribution in [0.5, 0.6) is 0 Å². The Hall–Kier alpha value is -4.57. The van der Waals surface area contributed by atoms with Crippen LogP contribution < -0.4 is 5.11 Å². The van der Waals surface area contributed by atoms with Gasteiger partial charge in [-0.1, -0.05) is 225 Å². The molecule has 0 aliphatic carbocycles. The number of aliphatic carboxylic acids is 1. The lowest BCUT2D eigenvalue weighted by molar-refractivity contribution is -0.870. The van der Waals surface area contributed by atoms with Crippen LogP contribution in [0, 0.1) is 0 Å². The summed E-state index contributed by atoms with van der Waals surface area (Å²) >= 11 is 0. The fraction of sp³-hybridized carbons (Fsp3) is 0.632. The Morgan fingerprint density at radius 3 is 1.10 bits per heavy atom. The zero-order valence-electron chi connectivity index (χ0n) is 49.5. The van der Waals surface area contributed by atoms with Crippen molar-refractivity contribution in [3.8, 4) is 0 Å². The van der Waals surface area contributed by atoms with Crippen molar-refractivity contribution >= 4 is 17.9 Å². The third-order valence-corrected chi connectivity index (χ3v) is 12.4. The molecule has 2 atom stereocenters. The Balaban J connectivity index is 4.36. The van der Waals surface area contributed by atoms with Gasteiger partial charge in [-0.05, 0) is 116 Å². The van der Waals surface area contributed by atoms with Crippen molar-refractivity contribution in [3.05, 3.63) is 134 Å². The second-order valence-corrected chi connectivity index (χ2v) is 20.9. The first kappa shape index (κ1) is 72.4. The number of ether oxygens (including phenoxy) is 4. The zero-order valence-corrected chi connectivity index (χ0v) is 49.5. The van der Waals surface area contributed by atoms with E-state index in [1.807, 2.05) is 21.1 Å². The van der Waals surface area contributed by atoms with Gasteiger partial charge in [0.2, 0.25) is 0 Å². The second kappa shape index (κ2) is 57.6. The molecule has 0 radical (unpaired) electrons. The highest BCUT2D eigenvalue weighted by Gasteiger charge is 2.22. The van der Waals surface area contributed by atoms with Crippen LogP contribution in [0.4, 0.5) is 0 Å². The molecule has 0 saturated heterocycles. The first-order chi connectivity index (χ1) is 37.6. The highest BCUT2D eigenvalue weighted by atomic mass is 16.7. The molecule has 0 rings (SSSR count). The van der Waals surface area contributed by atoms with Gasteiger partial charge in [-0.2, -0.15) is 0 Å².